The van der Waals surface area contributed by atoms with Crippen LogP contribution in [0, 0.1) is 40.4 Å². The van der Waals surface area contributed by atoms with Crippen LogP contribution in [0.25, 0.3) is 0 Å². The summed E-state index contributed by atoms with van der Waals surface area (Å²) in [4.78, 5) is 12.5. The van der Waals surface area contributed by atoms with Crippen molar-refractivity contribution in [2.45, 2.75) is 65.4 Å². The molecule has 22 heavy (non-hydrogen) atoms. The molecular formula is C20H30O2. The van der Waals surface area contributed by atoms with Crippen molar-refractivity contribution in [2.24, 2.45) is 40.4 Å². The number of carbonyl (C=O) groups excluding carboxylic acids is 1. The fourth-order valence-corrected chi connectivity index (χ4v) is 6.95. The van der Waals surface area contributed by atoms with E-state index in [0.717, 1.165) is 25.7 Å². The molecule has 3 fully saturated rings. The zero-order valence-corrected chi connectivity index (χ0v) is 14.2. The standard InChI is InChI=1S/C20H30O2/c1-12-10-13-11-14(21)6-8-19(13,2)16-7-9-20(3)15(18(12)16)4-5-17(20)22/h6,8,12-16,18,21H,4-5,7,9-11H2,1-3H3/t12-,13-,14+,15?,16?,18?,19+,20+/m1/s1. The van der Waals surface area contributed by atoms with Crippen LogP contribution in [0.1, 0.15) is 59.3 Å². The predicted octanol–water partition coefficient (Wildman–Crippen LogP) is 3.98. The molecule has 0 amide bonds. The summed E-state index contributed by atoms with van der Waals surface area (Å²) in [6.07, 6.45) is 10.5. The van der Waals surface area contributed by atoms with E-state index >= 15 is 0 Å². The maximum absolute atomic E-state index is 12.5. The SMILES string of the molecule is C[C@@H]1C[C@@H]2C[C@@H](O)C=C[C@]2(C)C2CC[C@]3(C)C(=O)CCC3C21. The van der Waals surface area contributed by atoms with Gasteiger partial charge in [-0.15, -0.1) is 0 Å². The molecule has 3 saturated carbocycles. The number of fused-ring (bicyclic) bond motifs is 5. The summed E-state index contributed by atoms with van der Waals surface area (Å²) >= 11 is 0. The third kappa shape index (κ3) is 1.79. The van der Waals surface area contributed by atoms with Crippen LogP contribution in [0.4, 0.5) is 0 Å². The van der Waals surface area contributed by atoms with Gasteiger partial charge in [-0.25, -0.2) is 0 Å². The Hall–Kier alpha value is -0.630. The van der Waals surface area contributed by atoms with Crippen molar-refractivity contribution >= 4 is 5.78 Å². The average Bonchev–Trinajstić information content (AvgIpc) is 2.77. The lowest BCUT2D eigenvalue weighted by Gasteiger charge is -2.60. The first kappa shape index (κ1) is 14.9. The molecule has 0 aromatic heterocycles. The van der Waals surface area contributed by atoms with Crippen LogP contribution in [0.15, 0.2) is 12.2 Å². The topological polar surface area (TPSA) is 37.3 Å². The summed E-state index contributed by atoms with van der Waals surface area (Å²) in [6.45, 7) is 7.10. The van der Waals surface area contributed by atoms with E-state index in [0.29, 0.717) is 35.4 Å². The van der Waals surface area contributed by atoms with Crippen molar-refractivity contribution in [1.82, 2.24) is 0 Å². The maximum atomic E-state index is 12.5. The van der Waals surface area contributed by atoms with Crippen molar-refractivity contribution in [2.75, 3.05) is 0 Å². The molecule has 0 bridgehead atoms. The van der Waals surface area contributed by atoms with Crippen molar-refractivity contribution < 1.29 is 9.90 Å². The van der Waals surface area contributed by atoms with E-state index in [4.69, 9.17) is 0 Å². The summed E-state index contributed by atoms with van der Waals surface area (Å²) < 4.78 is 0. The number of hydrogen-bond donors (Lipinski definition) is 1. The Morgan fingerprint density at radius 2 is 1.95 bits per heavy atom. The van der Waals surface area contributed by atoms with Crippen LogP contribution < -0.4 is 0 Å². The lowest BCUT2D eigenvalue weighted by atomic mass is 9.44. The molecule has 4 rings (SSSR count). The second kappa shape index (κ2) is 4.69. The smallest absolute Gasteiger partial charge is 0.139 e. The second-order valence-electron chi connectivity index (χ2n) is 9.15. The van der Waals surface area contributed by atoms with Crippen molar-refractivity contribution in [3.8, 4) is 0 Å². The third-order valence-corrected chi connectivity index (χ3v) is 8.24. The number of rotatable bonds is 0. The molecule has 0 heterocycles. The van der Waals surface area contributed by atoms with E-state index in [1.54, 1.807) is 0 Å². The van der Waals surface area contributed by atoms with E-state index in [1.807, 2.05) is 6.08 Å². The van der Waals surface area contributed by atoms with Gasteiger partial charge in [-0.1, -0.05) is 32.9 Å². The number of Topliss-reactive ketones (excluding diaryl/α,β-unsaturated/α-hetero) is 1. The van der Waals surface area contributed by atoms with Crippen LogP contribution in [-0.4, -0.2) is 17.0 Å². The molecule has 2 heteroatoms. The van der Waals surface area contributed by atoms with Crippen LogP contribution in [0.3, 0.4) is 0 Å². The zero-order valence-electron chi connectivity index (χ0n) is 14.2. The molecular weight excluding hydrogens is 272 g/mol. The highest BCUT2D eigenvalue weighted by atomic mass is 16.3. The molecule has 0 aliphatic heterocycles. The zero-order chi connectivity index (χ0) is 15.7. The highest BCUT2D eigenvalue weighted by Crippen LogP contribution is 2.65. The summed E-state index contributed by atoms with van der Waals surface area (Å²) in [5.74, 6) is 3.85. The quantitative estimate of drug-likeness (QED) is 0.687. The normalized spacial score (nSPS) is 57.2. The fourth-order valence-electron chi connectivity index (χ4n) is 6.95. The minimum absolute atomic E-state index is 0.0312. The highest BCUT2D eigenvalue weighted by Gasteiger charge is 2.61. The monoisotopic (exact) mass is 302 g/mol. The van der Waals surface area contributed by atoms with E-state index in [9.17, 15) is 9.90 Å². The van der Waals surface area contributed by atoms with Gasteiger partial charge in [0.05, 0.1) is 6.10 Å². The van der Waals surface area contributed by atoms with Gasteiger partial charge in [-0.3, -0.25) is 4.79 Å². The number of allylic oxidation sites excluding steroid dienone is 1. The van der Waals surface area contributed by atoms with Crippen molar-refractivity contribution in [3.05, 3.63) is 12.2 Å². The minimum atomic E-state index is -0.247. The molecule has 2 nitrogen and oxygen atoms in total. The Morgan fingerprint density at radius 3 is 2.73 bits per heavy atom. The van der Waals surface area contributed by atoms with Gasteiger partial charge in [-0.05, 0) is 67.1 Å². The Morgan fingerprint density at radius 1 is 1.18 bits per heavy atom. The first-order valence-electron chi connectivity index (χ1n) is 9.27. The van der Waals surface area contributed by atoms with Gasteiger partial charge < -0.3 is 5.11 Å². The fraction of sp³-hybridized carbons (Fsp3) is 0.850. The van der Waals surface area contributed by atoms with E-state index in [2.05, 4.69) is 26.8 Å². The number of hydrogen-bond acceptors (Lipinski definition) is 2. The van der Waals surface area contributed by atoms with E-state index in [-0.39, 0.29) is 16.9 Å². The van der Waals surface area contributed by atoms with Crippen molar-refractivity contribution in [1.29, 1.82) is 0 Å². The molecule has 3 unspecified atom stereocenters. The van der Waals surface area contributed by atoms with Crippen molar-refractivity contribution in [3.63, 3.8) is 0 Å². The molecule has 0 aromatic carbocycles. The summed E-state index contributed by atoms with van der Waals surface area (Å²) in [6, 6.07) is 0. The lowest BCUT2D eigenvalue weighted by Crippen LogP contribution is -2.55. The Labute approximate surface area is 134 Å². The number of carbonyl (C=O) groups is 1. The lowest BCUT2D eigenvalue weighted by molar-refractivity contribution is -0.139. The molecule has 4 aliphatic carbocycles. The average molecular weight is 302 g/mol. The maximum Gasteiger partial charge on any atom is 0.139 e. The van der Waals surface area contributed by atoms with Gasteiger partial charge >= 0.3 is 0 Å². The third-order valence-electron chi connectivity index (χ3n) is 8.24. The first-order chi connectivity index (χ1) is 10.4. The minimum Gasteiger partial charge on any atom is -0.389 e. The summed E-state index contributed by atoms with van der Waals surface area (Å²) in [7, 11) is 0. The van der Waals surface area contributed by atoms with Gasteiger partial charge in [0.15, 0.2) is 0 Å². The molecule has 0 spiro atoms. The van der Waals surface area contributed by atoms with Crippen LogP contribution in [0.2, 0.25) is 0 Å². The van der Waals surface area contributed by atoms with Gasteiger partial charge in [-0.2, -0.15) is 0 Å². The van der Waals surface area contributed by atoms with E-state index < -0.39 is 0 Å². The van der Waals surface area contributed by atoms with Gasteiger partial charge in [0, 0.05) is 11.8 Å². The molecule has 4 aliphatic rings. The van der Waals surface area contributed by atoms with Gasteiger partial charge in [0.1, 0.15) is 5.78 Å². The predicted molar refractivity (Wildman–Crippen MR) is 87.2 cm³/mol. The summed E-state index contributed by atoms with van der Waals surface area (Å²) in [5, 5.41) is 10.0. The van der Waals surface area contributed by atoms with Gasteiger partial charge in [0.2, 0.25) is 0 Å². The molecule has 0 aromatic rings. The number of aliphatic hydroxyl groups is 1. The molecule has 8 atom stereocenters. The number of aliphatic hydroxyl groups excluding tert-OH is 1. The Balaban J connectivity index is 1.73. The van der Waals surface area contributed by atoms with Crippen LogP contribution in [-0.2, 0) is 4.79 Å². The largest absolute Gasteiger partial charge is 0.389 e. The Kier molecular flexibility index (Phi) is 3.18. The van der Waals surface area contributed by atoms with Crippen LogP contribution in [0.5, 0.6) is 0 Å². The second-order valence-corrected chi connectivity index (χ2v) is 9.15. The molecule has 0 saturated heterocycles. The first-order valence-corrected chi connectivity index (χ1v) is 9.27. The molecule has 0 radical (unpaired) electrons. The highest BCUT2D eigenvalue weighted by molar-refractivity contribution is 5.87. The van der Waals surface area contributed by atoms with Crippen LogP contribution >= 0.6 is 0 Å². The number of ketones is 1. The summed E-state index contributed by atoms with van der Waals surface area (Å²) in [5.41, 5.74) is 0.208. The molecule has 122 valence electrons. The molecule has 1 N–H and O–H groups in total. The Bertz CT molecular complexity index is 524. The van der Waals surface area contributed by atoms with E-state index in [1.165, 1.54) is 12.8 Å². The van der Waals surface area contributed by atoms with Gasteiger partial charge in [0.25, 0.3) is 0 Å².